The van der Waals surface area contributed by atoms with E-state index in [1.54, 1.807) is 12.1 Å². The normalized spacial score (nSPS) is 11.3. The number of unbranched alkanes of at least 4 members (excludes halogenated alkanes) is 1. The Bertz CT molecular complexity index is 405. The summed E-state index contributed by atoms with van der Waals surface area (Å²) in [5.74, 6) is -0.355. The van der Waals surface area contributed by atoms with Crippen LogP contribution in [0.25, 0.3) is 0 Å². The number of hydrogen-bond acceptors (Lipinski definition) is 2. The van der Waals surface area contributed by atoms with Crippen molar-refractivity contribution >= 4 is 11.7 Å². The molecule has 0 atom stereocenters. The predicted molar refractivity (Wildman–Crippen MR) is 68.3 cm³/mol. The molecule has 1 aromatic rings. The zero-order valence-electron chi connectivity index (χ0n) is 9.86. The molecule has 0 heterocycles. The smallest absolute Gasteiger partial charge is 0.211 e. The monoisotopic (exact) mass is 236 g/mol. The summed E-state index contributed by atoms with van der Waals surface area (Å²) >= 11 is 0. The largest absolute Gasteiger partial charge is 0.369 e. The molecule has 0 bridgehead atoms. The lowest BCUT2D eigenvalue weighted by atomic mass is 10.1. The number of benzene rings is 1. The third-order valence-corrected chi connectivity index (χ3v) is 2.23. The highest BCUT2D eigenvalue weighted by Gasteiger charge is 2.03. The van der Waals surface area contributed by atoms with Gasteiger partial charge in [-0.05, 0) is 30.5 Å². The molecule has 0 aliphatic heterocycles. The molecule has 0 amide bonds. The van der Waals surface area contributed by atoms with Gasteiger partial charge >= 0.3 is 0 Å². The van der Waals surface area contributed by atoms with E-state index in [-0.39, 0.29) is 11.8 Å². The zero-order valence-corrected chi connectivity index (χ0v) is 9.86. The minimum atomic E-state index is -0.273. The van der Waals surface area contributed by atoms with Crippen LogP contribution in [0.1, 0.15) is 31.7 Å². The van der Waals surface area contributed by atoms with Crippen LogP contribution in [0.15, 0.2) is 34.5 Å². The first kappa shape index (κ1) is 13.2. The highest BCUT2D eigenvalue weighted by molar-refractivity contribution is 6.00. The van der Waals surface area contributed by atoms with E-state index in [2.05, 4.69) is 17.1 Å². The van der Waals surface area contributed by atoms with E-state index in [1.165, 1.54) is 12.1 Å². The highest BCUT2D eigenvalue weighted by Crippen LogP contribution is 2.10. The second kappa shape index (κ2) is 6.62. The lowest BCUT2D eigenvalue weighted by Gasteiger charge is -2.04. The third kappa shape index (κ3) is 4.63. The Kier molecular flexibility index (Phi) is 5.13. The summed E-state index contributed by atoms with van der Waals surface area (Å²) in [7, 11) is 0. The van der Waals surface area contributed by atoms with Crippen molar-refractivity contribution < 1.29 is 4.39 Å². The van der Waals surface area contributed by atoms with Crippen LogP contribution in [-0.4, -0.2) is 11.7 Å². The van der Waals surface area contributed by atoms with E-state index >= 15 is 0 Å². The summed E-state index contributed by atoms with van der Waals surface area (Å²) in [6.07, 6.45) is 2.79. The first-order valence-electron chi connectivity index (χ1n) is 5.55. The summed E-state index contributed by atoms with van der Waals surface area (Å²) in [5.41, 5.74) is 12.1. The Morgan fingerprint density at radius 2 is 1.82 bits per heavy atom. The van der Waals surface area contributed by atoms with Crippen molar-refractivity contribution in [3.05, 3.63) is 35.6 Å². The fourth-order valence-corrected chi connectivity index (χ4v) is 1.36. The fourth-order valence-electron chi connectivity index (χ4n) is 1.36. The number of nitrogens with two attached hydrogens (primary N) is 2. The van der Waals surface area contributed by atoms with Gasteiger partial charge in [-0.1, -0.05) is 25.5 Å². The number of halogens is 1. The molecule has 0 aliphatic rings. The third-order valence-electron chi connectivity index (χ3n) is 2.23. The van der Waals surface area contributed by atoms with Gasteiger partial charge in [0.15, 0.2) is 0 Å². The van der Waals surface area contributed by atoms with Crippen LogP contribution in [0.5, 0.6) is 0 Å². The lowest BCUT2D eigenvalue weighted by Crippen LogP contribution is -2.22. The van der Waals surface area contributed by atoms with Crippen LogP contribution in [0.3, 0.4) is 0 Å². The van der Waals surface area contributed by atoms with E-state index in [0.717, 1.165) is 30.5 Å². The van der Waals surface area contributed by atoms with E-state index in [4.69, 9.17) is 11.5 Å². The van der Waals surface area contributed by atoms with Gasteiger partial charge in [0.2, 0.25) is 5.96 Å². The van der Waals surface area contributed by atoms with Gasteiger partial charge in [0, 0.05) is 0 Å². The fraction of sp³-hybridized carbons (Fsp3) is 0.333. The quantitative estimate of drug-likeness (QED) is 0.466. The molecule has 0 fully saturated rings. The van der Waals surface area contributed by atoms with E-state index in [0.29, 0.717) is 0 Å². The number of hydrogen-bond donors (Lipinski definition) is 2. The van der Waals surface area contributed by atoms with E-state index in [1.807, 2.05) is 0 Å². The van der Waals surface area contributed by atoms with Crippen molar-refractivity contribution in [2.24, 2.45) is 21.7 Å². The van der Waals surface area contributed by atoms with Gasteiger partial charge in [0.25, 0.3) is 0 Å². The number of rotatable bonds is 5. The minimum absolute atomic E-state index is 0.0823. The Labute approximate surface area is 100 Å². The Balaban J connectivity index is 2.93. The standard InChI is InChI=1S/C12H17FN4/c1-2-3-4-11(16-17-12(14)15)9-5-7-10(13)8-6-9/h5-8H,2-4H2,1H3,(H4,14,15,17)/b16-11+. The molecular formula is C12H17FN4. The molecular weight excluding hydrogens is 219 g/mol. The Morgan fingerprint density at radius 1 is 1.18 bits per heavy atom. The maximum Gasteiger partial charge on any atom is 0.211 e. The van der Waals surface area contributed by atoms with Crippen molar-refractivity contribution in [2.75, 3.05) is 0 Å². The minimum Gasteiger partial charge on any atom is -0.369 e. The molecule has 1 rings (SSSR count). The van der Waals surface area contributed by atoms with Crippen LogP contribution in [0.2, 0.25) is 0 Å². The summed E-state index contributed by atoms with van der Waals surface area (Å²) in [6, 6.07) is 6.14. The Hall–Kier alpha value is -1.91. The average molecular weight is 236 g/mol. The van der Waals surface area contributed by atoms with Crippen LogP contribution in [0.4, 0.5) is 4.39 Å². The van der Waals surface area contributed by atoms with Gasteiger partial charge < -0.3 is 11.5 Å². The lowest BCUT2D eigenvalue weighted by molar-refractivity contribution is 0.627. The summed E-state index contributed by atoms with van der Waals surface area (Å²) in [4.78, 5) is 0. The van der Waals surface area contributed by atoms with Crippen molar-refractivity contribution in [3.8, 4) is 0 Å². The van der Waals surface area contributed by atoms with Gasteiger partial charge in [-0.15, -0.1) is 5.10 Å². The van der Waals surface area contributed by atoms with E-state index in [9.17, 15) is 4.39 Å². The highest BCUT2D eigenvalue weighted by atomic mass is 19.1. The molecule has 0 aliphatic carbocycles. The second-order valence-corrected chi connectivity index (χ2v) is 3.68. The molecule has 17 heavy (non-hydrogen) atoms. The first-order valence-corrected chi connectivity index (χ1v) is 5.55. The SMILES string of the molecule is CCCC/C(=N\N=C(N)N)c1ccc(F)cc1. The second-order valence-electron chi connectivity index (χ2n) is 3.68. The number of nitrogens with zero attached hydrogens (tertiary/aromatic N) is 2. The van der Waals surface area contributed by atoms with E-state index < -0.39 is 0 Å². The Morgan fingerprint density at radius 3 is 2.35 bits per heavy atom. The molecule has 4 N–H and O–H groups in total. The molecule has 0 spiro atoms. The summed E-state index contributed by atoms with van der Waals surface area (Å²) in [6.45, 7) is 2.09. The van der Waals surface area contributed by atoms with Crippen molar-refractivity contribution in [1.82, 2.24) is 0 Å². The van der Waals surface area contributed by atoms with Crippen LogP contribution < -0.4 is 11.5 Å². The van der Waals surface area contributed by atoms with Gasteiger partial charge in [-0.2, -0.15) is 5.10 Å². The molecule has 0 aromatic heterocycles. The molecule has 0 saturated heterocycles. The van der Waals surface area contributed by atoms with Crippen LogP contribution >= 0.6 is 0 Å². The van der Waals surface area contributed by atoms with Crippen LogP contribution in [-0.2, 0) is 0 Å². The molecule has 0 unspecified atom stereocenters. The summed E-state index contributed by atoms with van der Waals surface area (Å²) in [5, 5.41) is 7.64. The summed E-state index contributed by atoms with van der Waals surface area (Å²) < 4.78 is 12.8. The van der Waals surface area contributed by atoms with Gasteiger partial charge in [0.1, 0.15) is 5.82 Å². The van der Waals surface area contributed by atoms with Gasteiger partial charge in [-0.25, -0.2) is 4.39 Å². The van der Waals surface area contributed by atoms with Gasteiger partial charge in [0.05, 0.1) is 5.71 Å². The maximum absolute atomic E-state index is 12.8. The molecule has 0 saturated carbocycles. The molecule has 4 nitrogen and oxygen atoms in total. The number of guanidine groups is 1. The average Bonchev–Trinajstić information content (AvgIpc) is 2.30. The molecule has 5 heteroatoms. The van der Waals surface area contributed by atoms with Crippen molar-refractivity contribution in [2.45, 2.75) is 26.2 Å². The first-order chi connectivity index (χ1) is 8.13. The predicted octanol–water partition coefficient (Wildman–Crippen LogP) is 1.99. The van der Waals surface area contributed by atoms with Crippen molar-refractivity contribution in [1.29, 1.82) is 0 Å². The zero-order chi connectivity index (χ0) is 12.7. The van der Waals surface area contributed by atoms with Gasteiger partial charge in [-0.3, -0.25) is 0 Å². The maximum atomic E-state index is 12.8. The molecule has 0 radical (unpaired) electrons. The molecule has 1 aromatic carbocycles. The molecule has 92 valence electrons. The van der Waals surface area contributed by atoms with Crippen molar-refractivity contribution in [3.63, 3.8) is 0 Å². The van der Waals surface area contributed by atoms with Crippen LogP contribution in [0, 0.1) is 5.82 Å². The topological polar surface area (TPSA) is 76.8 Å².